The average molecular weight is 315 g/mol. The number of rotatable bonds is 5. The molecule has 2 rings (SSSR count). The fourth-order valence-electron chi connectivity index (χ4n) is 1.87. The molecule has 2 amide bonds. The minimum atomic E-state index is -0.450. The van der Waals surface area contributed by atoms with Crippen molar-refractivity contribution < 1.29 is 19.1 Å². The summed E-state index contributed by atoms with van der Waals surface area (Å²) in [6, 6.07) is 9.74. The molecular formula is C16H17N3O4. The van der Waals surface area contributed by atoms with Crippen LogP contribution in [0.5, 0.6) is 5.75 Å². The number of aromatic nitrogens is 1. The van der Waals surface area contributed by atoms with E-state index >= 15 is 0 Å². The maximum absolute atomic E-state index is 11.9. The predicted molar refractivity (Wildman–Crippen MR) is 84.4 cm³/mol. The molecular weight excluding hydrogens is 298 g/mol. The number of carbonyl (C=O) groups is 2. The smallest absolute Gasteiger partial charge is 0.337 e. The number of anilines is 1. The Bertz CT molecular complexity index is 703. The molecule has 0 saturated carbocycles. The predicted octanol–water partition coefficient (Wildman–Crippen LogP) is 2.20. The molecule has 0 bridgehead atoms. The molecule has 0 aliphatic rings. The highest BCUT2D eigenvalue weighted by atomic mass is 16.5. The van der Waals surface area contributed by atoms with Gasteiger partial charge in [0, 0.05) is 18.0 Å². The molecule has 0 saturated heterocycles. The first-order chi connectivity index (χ1) is 11.1. The number of pyridine rings is 1. The van der Waals surface area contributed by atoms with Crippen molar-refractivity contribution in [2.75, 3.05) is 19.5 Å². The van der Waals surface area contributed by atoms with Gasteiger partial charge in [0.15, 0.2) is 0 Å². The quantitative estimate of drug-likeness (QED) is 0.826. The van der Waals surface area contributed by atoms with E-state index < -0.39 is 5.97 Å². The number of esters is 1. The average Bonchev–Trinajstić information content (AvgIpc) is 2.59. The Labute approximate surface area is 133 Å². The lowest BCUT2D eigenvalue weighted by molar-refractivity contribution is 0.0600. The molecule has 0 spiro atoms. The summed E-state index contributed by atoms with van der Waals surface area (Å²) in [5.41, 5.74) is 1.54. The van der Waals surface area contributed by atoms with E-state index in [0.29, 0.717) is 22.7 Å². The monoisotopic (exact) mass is 315 g/mol. The highest BCUT2D eigenvalue weighted by Gasteiger charge is 2.08. The van der Waals surface area contributed by atoms with Crippen molar-refractivity contribution in [3.05, 3.63) is 53.9 Å². The number of methoxy groups -OCH3 is 2. The molecule has 0 unspecified atom stereocenters. The second-order valence-corrected chi connectivity index (χ2v) is 4.57. The standard InChI is InChI=1S/C16H17N3O4/c1-22-14-5-3-4-12(9-14)19-16(21)18-10-13-8-11(6-7-17-13)15(20)23-2/h3-9H,10H2,1-2H3,(H2,18,19,21). The summed E-state index contributed by atoms with van der Waals surface area (Å²) in [5.74, 6) is 0.199. The maximum Gasteiger partial charge on any atom is 0.337 e. The first kappa shape index (κ1) is 16.3. The summed E-state index contributed by atoms with van der Waals surface area (Å²) in [5, 5.41) is 5.35. The van der Waals surface area contributed by atoms with Gasteiger partial charge in [-0.05, 0) is 24.3 Å². The summed E-state index contributed by atoms with van der Waals surface area (Å²) in [6.07, 6.45) is 1.49. The van der Waals surface area contributed by atoms with Gasteiger partial charge in [-0.1, -0.05) is 6.07 Å². The van der Waals surface area contributed by atoms with E-state index in [1.54, 1.807) is 43.5 Å². The summed E-state index contributed by atoms with van der Waals surface area (Å²) >= 11 is 0. The van der Waals surface area contributed by atoms with E-state index in [-0.39, 0.29) is 12.6 Å². The summed E-state index contributed by atoms with van der Waals surface area (Å²) < 4.78 is 9.73. The summed E-state index contributed by atoms with van der Waals surface area (Å²) in [4.78, 5) is 27.4. The molecule has 23 heavy (non-hydrogen) atoms. The Hall–Kier alpha value is -3.09. The first-order valence-electron chi connectivity index (χ1n) is 6.84. The van der Waals surface area contributed by atoms with Gasteiger partial charge in [-0.25, -0.2) is 9.59 Å². The third-order valence-electron chi connectivity index (χ3n) is 3.00. The van der Waals surface area contributed by atoms with Gasteiger partial charge in [-0.3, -0.25) is 4.98 Å². The number of amides is 2. The Morgan fingerprint density at radius 2 is 2.00 bits per heavy atom. The topological polar surface area (TPSA) is 89.5 Å². The first-order valence-corrected chi connectivity index (χ1v) is 6.84. The molecule has 1 heterocycles. The third kappa shape index (κ3) is 4.70. The van der Waals surface area contributed by atoms with Crippen molar-refractivity contribution in [2.24, 2.45) is 0 Å². The second-order valence-electron chi connectivity index (χ2n) is 4.57. The minimum absolute atomic E-state index is 0.181. The van der Waals surface area contributed by atoms with Crippen LogP contribution >= 0.6 is 0 Å². The van der Waals surface area contributed by atoms with Gasteiger partial charge in [0.2, 0.25) is 0 Å². The van der Waals surface area contributed by atoms with Crippen molar-refractivity contribution in [2.45, 2.75) is 6.54 Å². The second kappa shape index (κ2) is 7.79. The Balaban J connectivity index is 1.92. The molecule has 2 N–H and O–H groups in total. The molecule has 0 fully saturated rings. The number of hydrogen-bond acceptors (Lipinski definition) is 5. The molecule has 0 aliphatic carbocycles. The zero-order valence-corrected chi connectivity index (χ0v) is 12.8. The van der Waals surface area contributed by atoms with Crippen LogP contribution in [0, 0.1) is 0 Å². The number of nitrogens with zero attached hydrogens (tertiary/aromatic N) is 1. The van der Waals surface area contributed by atoms with Crippen LogP contribution in [0.4, 0.5) is 10.5 Å². The number of ether oxygens (including phenoxy) is 2. The largest absolute Gasteiger partial charge is 0.497 e. The zero-order chi connectivity index (χ0) is 16.7. The highest BCUT2D eigenvalue weighted by Crippen LogP contribution is 2.16. The van der Waals surface area contributed by atoms with Crippen LogP contribution < -0.4 is 15.4 Å². The Morgan fingerprint density at radius 3 is 2.74 bits per heavy atom. The van der Waals surface area contributed by atoms with Crippen molar-refractivity contribution >= 4 is 17.7 Å². The van der Waals surface area contributed by atoms with E-state index in [1.165, 1.54) is 13.3 Å². The van der Waals surface area contributed by atoms with Crippen molar-refractivity contribution in [1.82, 2.24) is 10.3 Å². The zero-order valence-electron chi connectivity index (χ0n) is 12.8. The fourth-order valence-corrected chi connectivity index (χ4v) is 1.87. The molecule has 7 nitrogen and oxygen atoms in total. The number of benzene rings is 1. The Kier molecular flexibility index (Phi) is 5.51. The van der Waals surface area contributed by atoms with Crippen molar-refractivity contribution in [3.63, 3.8) is 0 Å². The lowest BCUT2D eigenvalue weighted by Gasteiger charge is -2.09. The van der Waals surface area contributed by atoms with Gasteiger partial charge in [-0.15, -0.1) is 0 Å². The fraction of sp³-hybridized carbons (Fsp3) is 0.188. The van der Waals surface area contributed by atoms with E-state index in [1.807, 2.05) is 0 Å². The van der Waals surface area contributed by atoms with Crippen molar-refractivity contribution in [3.8, 4) is 5.75 Å². The van der Waals surface area contributed by atoms with Crippen molar-refractivity contribution in [1.29, 1.82) is 0 Å². The molecule has 0 aliphatic heterocycles. The molecule has 2 aromatic rings. The van der Waals surface area contributed by atoms with Crippen LogP contribution in [-0.2, 0) is 11.3 Å². The van der Waals surface area contributed by atoms with Gasteiger partial charge >= 0.3 is 12.0 Å². The normalized spacial score (nSPS) is 9.83. The van der Waals surface area contributed by atoms with Gasteiger partial charge < -0.3 is 20.1 Å². The van der Waals surface area contributed by atoms with Crippen LogP contribution in [0.15, 0.2) is 42.6 Å². The lowest BCUT2D eigenvalue weighted by Crippen LogP contribution is -2.28. The van der Waals surface area contributed by atoms with E-state index in [2.05, 4.69) is 20.4 Å². The van der Waals surface area contributed by atoms with E-state index in [0.717, 1.165) is 0 Å². The minimum Gasteiger partial charge on any atom is -0.497 e. The highest BCUT2D eigenvalue weighted by molar-refractivity contribution is 5.90. The van der Waals surface area contributed by atoms with Crippen LogP contribution in [0.3, 0.4) is 0 Å². The lowest BCUT2D eigenvalue weighted by atomic mass is 10.2. The van der Waals surface area contributed by atoms with Gasteiger partial charge in [0.05, 0.1) is 32.0 Å². The van der Waals surface area contributed by atoms with Crippen LogP contribution in [0.2, 0.25) is 0 Å². The van der Waals surface area contributed by atoms with Gasteiger partial charge in [-0.2, -0.15) is 0 Å². The molecule has 120 valence electrons. The number of carbonyl (C=O) groups excluding carboxylic acids is 2. The summed E-state index contributed by atoms with van der Waals surface area (Å²) in [6.45, 7) is 0.181. The number of urea groups is 1. The van der Waals surface area contributed by atoms with Crippen LogP contribution in [0.1, 0.15) is 16.1 Å². The van der Waals surface area contributed by atoms with Gasteiger partial charge in [0.25, 0.3) is 0 Å². The van der Waals surface area contributed by atoms with E-state index in [4.69, 9.17) is 4.74 Å². The summed E-state index contributed by atoms with van der Waals surface area (Å²) in [7, 11) is 2.86. The Morgan fingerprint density at radius 1 is 1.17 bits per heavy atom. The molecule has 1 aromatic carbocycles. The third-order valence-corrected chi connectivity index (χ3v) is 3.00. The number of nitrogens with one attached hydrogen (secondary N) is 2. The molecule has 1 aromatic heterocycles. The van der Waals surface area contributed by atoms with Gasteiger partial charge in [0.1, 0.15) is 5.75 Å². The molecule has 0 atom stereocenters. The van der Waals surface area contributed by atoms with E-state index in [9.17, 15) is 9.59 Å². The van der Waals surface area contributed by atoms with Crippen LogP contribution in [0.25, 0.3) is 0 Å². The SMILES string of the molecule is COC(=O)c1ccnc(CNC(=O)Nc2cccc(OC)c2)c1. The maximum atomic E-state index is 11.9. The molecule has 0 radical (unpaired) electrons. The molecule has 7 heteroatoms. The van der Waals surface area contributed by atoms with Crippen LogP contribution in [-0.4, -0.2) is 31.2 Å². The number of hydrogen-bond donors (Lipinski definition) is 2.